The molecule has 1 aromatic rings. The van der Waals surface area contributed by atoms with Gasteiger partial charge in [0.15, 0.2) is 0 Å². The van der Waals surface area contributed by atoms with Gasteiger partial charge in [-0.1, -0.05) is 37.8 Å². The van der Waals surface area contributed by atoms with E-state index in [9.17, 15) is 4.79 Å². The first-order valence-corrected chi connectivity index (χ1v) is 6.82. The van der Waals surface area contributed by atoms with E-state index >= 15 is 0 Å². The molecule has 0 aromatic heterocycles. The van der Waals surface area contributed by atoms with E-state index < -0.39 is 0 Å². The Morgan fingerprint density at radius 2 is 2.11 bits per heavy atom. The molecule has 3 heteroatoms. The molecule has 1 aliphatic carbocycles. The SMILES string of the molecule is Cc1cccc(N)c1C(=O)NCCC1CCCC1. The number of carbonyl (C=O) groups is 1. The van der Waals surface area contributed by atoms with Gasteiger partial charge >= 0.3 is 0 Å². The molecule has 3 nitrogen and oxygen atoms in total. The summed E-state index contributed by atoms with van der Waals surface area (Å²) in [5.74, 6) is 0.767. The lowest BCUT2D eigenvalue weighted by atomic mass is 10.0. The van der Waals surface area contributed by atoms with Gasteiger partial charge in [-0.25, -0.2) is 0 Å². The van der Waals surface area contributed by atoms with Crippen molar-refractivity contribution in [2.45, 2.75) is 39.0 Å². The zero-order valence-electron chi connectivity index (χ0n) is 11.0. The summed E-state index contributed by atoms with van der Waals surface area (Å²) in [5.41, 5.74) is 7.99. The first kappa shape index (κ1) is 12.9. The maximum Gasteiger partial charge on any atom is 0.253 e. The van der Waals surface area contributed by atoms with Gasteiger partial charge in [0.1, 0.15) is 0 Å². The summed E-state index contributed by atoms with van der Waals surface area (Å²) < 4.78 is 0. The Bertz CT molecular complexity index is 402. The van der Waals surface area contributed by atoms with E-state index in [1.54, 1.807) is 6.07 Å². The fourth-order valence-electron chi connectivity index (χ4n) is 2.78. The molecule has 0 bridgehead atoms. The maximum absolute atomic E-state index is 12.1. The largest absolute Gasteiger partial charge is 0.398 e. The molecule has 98 valence electrons. The van der Waals surface area contributed by atoms with Crippen LogP contribution in [0.3, 0.4) is 0 Å². The number of carbonyl (C=O) groups excluding carboxylic acids is 1. The molecule has 0 unspecified atom stereocenters. The number of nitrogens with two attached hydrogens (primary N) is 1. The van der Waals surface area contributed by atoms with Crippen LogP contribution in [0.2, 0.25) is 0 Å². The summed E-state index contributed by atoms with van der Waals surface area (Å²) in [6.07, 6.45) is 6.44. The second-order valence-corrected chi connectivity index (χ2v) is 5.23. The number of nitrogens with one attached hydrogen (secondary N) is 1. The Morgan fingerprint density at radius 3 is 2.78 bits per heavy atom. The highest BCUT2D eigenvalue weighted by Crippen LogP contribution is 2.27. The molecule has 1 fully saturated rings. The van der Waals surface area contributed by atoms with Crippen LogP contribution in [0.5, 0.6) is 0 Å². The van der Waals surface area contributed by atoms with Gasteiger partial charge in [0.05, 0.1) is 5.56 Å². The Hall–Kier alpha value is -1.51. The second kappa shape index (κ2) is 5.89. The van der Waals surface area contributed by atoms with Crippen LogP contribution in [-0.2, 0) is 0 Å². The average Bonchev–Trinajstić information content (AvgIpc) is 2.82. The van der Waals surface area contributed by atoms with E-state index in [1.807, 2.05) is 19.1 Å². The monoisotopic (exact) mass is 246 g/mol. The lowest BCUT2D eigenvalue weighted by molar-refractivity contribution is 0.0952. The number of nitrogen functional groups attached to an aromatic ring is 1. The van der Waals surface area contributed by atoms with Crippen molar-refractivity contribution in [3.63, 3.8) is 0 Å². The van der Waals surface area contributed by atoms with Gasteiger partial charge in [-0.3, -0.25) is 4.79 Å². The summed E-state index contributed by atoms with van der Waals surface area (Å²) in [4.78, 5) is 12.1. The van der Waals surface area contributed by atoms with Gasteiger partial charge < -0.3 is 11.1 Å². The predicted octanol–water partition coefficient (Wildman–Crippen LogP) is 2.89. The summed E-state index contributed by atoms with van der Waals surface area (Å²) in [5, 5.41) is 2.99. The molecule has 18 heavy (non-hydrogen) atoms. The van der Waals surface area contributed by atoms with Crippen molar-refractivity contribution in [2.75, 3.05) is 12.3 Å². The smallest absolute Gasteiger partial charge is 0.253 e. The average molecular weight is 246 g/mol. The van der Waals surface area contributed by atoms with E-state index in [0.29, 0.717) is 11.3 Å². The highest BCUT2D eigenvalue weighted by Gasteiger charge is 2.16. The van der Waals surface area contributed by atoms with Crippen molar-refractivity contribution >= 4 is 11.6 Å². The van der Waals surface area contributed by atoms with Crippen molar-refractivity contribution in [2.24, 2.45) is 5.92 Å². The first-order chi connectivity index (χ1) is 8.68. The second-order valence-electron chi connectivity index (χ2n) is 5.23. The molecule has 1 aromatic carbocycles. The van der Waals surface area contributed by atoms with Crippen molar-refractivity contribution < 1.29 is 4.79 Å². The van der Waals surface area contributed by atoms with Crippen LogP contribution < -0.4 is 11.1 Å². The molecule has 1 amide bonds. The van der Waals surface area contributed by atoms with Crippen LogP contribution in [0, 0.1) is 12.8 Å². The molecule has 3 N–H and O–H groups in total. The van der Waals surface area contributed by atoms with E-state index in [-0.39, 0.29) is 5.91 Å². The fraction of sp³-hybridized carbons (Fsp3) is 0.533. The van der Waals surface area contributed by atoms with Gasteiger partial charge in [-0.2, -0.15) is 0 Å². The normalized spacial score (nSPS) is 15.8. The lowest BCUT2D eigenvalue weighted by Gasteiger charge is -2.12. The zero-order valence-corrected chi connectivity index (χ0v) is 11.0. The van der Waals surface area contributed by atoms with E-state index in [1.165, 1.54) is 25.7 Å². The standard InChI is InChI=1S/C15H22N2O/c1-11-5-4-8-13(16)14(11)15(18)17-10-9-12-6-2-3-7-12/h4-5,8,12H,2-3,6-7,9-10,16H2,1H3,(H,17,18). The molecule has 0 saturated heterocycles. The Kier molecular flexibility index (Phi) is 4.24. The topological polar surface area (TPSA) is 55.1 Å². The first-order valence-electron chi connectivity index (χ1n) is 6.82. The third-order valence-corrected chi connectivity index (χ3v) is 3.84. The van der Waals surface area contributed by atoms with Crippen LogP contribution in [0.1, 0.15) is 48.0 Å². The third kappa shape index (κ3) is 3.03. The van der Waals surface area contributed by atoms with Gasteiger partial charge in [0.25, 0.3) is 5.91 Å². The van der Waals surface area contributed by atoms with Gasteiger partial charge in [0, 0.05) is 12.2 Å². The van der Waals surface area contributed by atoms with Crippen LogP contribution in [0.25, 0.3) is 0 Å². The van der Waals surface area contributed by atoms with Crippen LogP contribution in [0.4, 0.5) is 5.69 Å². The fourth-order valence-corrected chi connectivity index (χ4v) is 2.78. The maximum atomic E-state index is 12.1. The van der Waals surface area contributed by atoms with E-state index in [4.69, 9.17) is 5.73 Å². The Labute approximate surface area is 109 Å². The number of hydrogen-bond donors (Lipinski definition) is 2. The minimum absolute atomic E-state index is 0.0383. The molecule has 0 atom stereocenters. The zero-order chi connectivity index (χ0) is 13.0. The van der Waals surface area contributed by atoms with Crippen molar-refractivity contribution in [3.05, 3.63) is 29.3 Å². The Balaban J connectivity index is 1.87. The van der Waals surface area contributed by atoms with Crippen molar-refractivity contribution in [3.8, 4) is 0 Å². The number of aryl methyl sites for hydroxylation is 1. The third-order valence-electron chi connectivity index (χ3n) is 3.84. The van der Waals surface area contributed by atoms with Crippen molar-refractivity contribution in [1.82, 2.24) is 5.32 Å². The summed E-state index contributed by atoms with van der Waals surface area (Å²) in [6, 6.07) is 5.57. The quantitative estimate of drug-likeness (QED) is 0.803. The lowest BCUT2D eigenvalue weighted by Crippen LogP contribution is -2.27. The number of anilines is 1. The van der Waals surface area contributed by atoms with Gasteiger partial charge in [-0.15, -0.1) is 0 Å². The molecule has 1 aliphatic rings. The molecule has 0 heterocycles. The summed E-state index contributed by atoms with van der Waals surface area (Å²) >= 11 is 0. The van der Waals surface area contributed by atoms with E-state index in [0.717, 1.165) is 24.4 Å². The highest BCUT2D eigenvalue weighted by atomic mass is 16.1. The minimum atomic E-state index is -0.0383. The van der Waals surface area contributed by atoms with Gasteiger partial charge in [0.2, 0.25) is 0 Å². The molecule has 0 radical (unpaired) electrons. The number of rotatable bonds is 4. The molecule has 0 spiro atoms. The van der Waals surface area contributed by atoms with Crippen LogP contribution in [0.15, 0.2) is 18.2 Å². The summed E-state index contributed by atoms with van der Waals surface area (Å²) in [7, 11) is 0. The number of benzene rings is 1. The number of amides is 1. The molecular weight excluding hydrogens is 224 g/mol. The molecule has 2 rings (SSSR count). The number of hydrogen-bond acceptors (Lipinski definition) is 2. The van der Waals surface area contributed by atoms with Crippen LogP contribution >= 0.6 is 0 Å². The highest BCUT2D eigenvalue weighted by molar-refractivity contribution is 6.00. The molecule has 0 aliphatic heterocycles. The Morgan fingerprint density at radius 1 is 1.39 bits per heavy atom. The van der Waals surface area contributed by atoms with Gasteiger partial charge in [-0.05, 0) is 30.9 Å². The van der Waals surface area contributed by atoms with Crippen molar-refractivity contribution in [1.29, 1.82) is 0 Å². The minimum Gasteiger partial charge on any atom is -0.398 e. The molecule has 1 saturated carbocycles. The van der Waals surface area contributed by atoms with E-state index in [2.05, 4.69) is 5.32 Å². The predicted molar refractivity (Wildman–Crippen MR) is 74.5 cm³/mol. The molecular formula is C15H22N2O. The van der Waals surface area contributed by atoms with Crippen LogP contribution in [-0.4, -0.2) is 12.5 Å². The summed E-state index contributed by atoms with van der Waals surface area (Å²) in [6.45, 7) is 2.68.